The third kappa shape index (κ3) is 2.90. The van der Waals surface area contributed by atoms with E-state index in [1.807, 2.05) is 30.3 Å². The first-order valence-corrected chi connectivity index (χ1v) is 3.79. The molecule has 1 unspecified atom stereocenters. The summed E-state index contributed by atoms with van der Waals surface area (Å²) >= 11 is 0. The lowest BCUT2D eigenvalue weighted by Gasteiger charge is -2.10. The van der Waals surface area contributed by atoms with E-state index in [2.05, 4.69) is 0 Å². The molecule has 1 aromatic rings. The van der Waals surface area contributed by atoms with Crippen LogP contribution < -0.4 is 10.5 Å². The molecule has 0 bridgehead atoms. The summed E-state index contributed by atoms with van der Waals surface area (Å²) in [7, 11) is 1.55. The highest BCUT2D eigenvalue weighted by atomic mass is 16.5. The second-order valence-corrected chi connectivity index (χ2v) is 2.40. The number of methoxy groups -OCH3 is 1. The van der Waals surface area contributed by atoms with Crippen molar-refractivity contribution in [2.24, 2.45) is 5.73 Å². The average molecular weight is 167 g/mol. The highest BCUT2D eigenvalue weighted by molar-refractivity contribution is 5.20. The molecule has 66 valence electrons. The molecule has 0 saturated carbocycles. The summed E-state index contributed by atoms with van der Waals surface area (Å²) in [5.74, 6) is 0.810. The van der Waals surface area contributed by atoms with Crippen LogP contribution in [0.3, 0.4) is 0 Å². The van der Waals surface area contributed by atoms with Gasteiger partial charge in [0.05, 0.1) is 0 Å². The van der Waals surface area contributed by atoms with Gasteiger partial charge in [0.25, 0.3) is 0 Å². The van der Waals surface area contributed by atoms with Crippen molar-refractivity contribution in [1.82, 2.24) is 0 Å². The first-order valence-electron chi connectivity index (χ1n) is 3.79. The quantitative estimate of drug-likeness (QED) is 0.680. The van der Waals surface area contributed by atoms with Gasteiger partial charge in [0, 0.05) is 7.11 Å². The van der Waals surface area contributed by atoms with Crippen molar-refractivity contribution < 1.29 is 9.47 Å². The summed E-state index contributed by atoms with van der Waals surface area (Å²) in [4.78, 5) is 0. The van der Waals surface area contributed by atoms with Crippen LogP contribution in [0.1, 0.15) is 0 Å². The Hall–Kier alpha value is -1.06. The Labute approximate surface area is 72.1 Å². The van der Waals surface area contributed by atoms with Crippen molar-refractivity contribution in [3.8, 4) is 5.75 Å². The molecule has 1 aromatic carbocycles. The Kier molecular flexibility index (Phi) is 3.57. The van der Waals surface area contributed by atoms with E-state index in [0.29, 0.717) is 6.61 Å². The Balaban J connectivity index is 2.33. The van der Waals surface area contributed by atoms with Crippen LogP contribution in [0.5, 0.6) is 5.75 Å². The van der Waals surface area contributed by atoms with Crippen molar-refractivity contribution >= 4 is 0 Å². The molecule has 1 atom stereocenters. The molecule has 0 aromatic heterocycles. The third-order valence-corrected chi connectivity index (χ3v) is 1.46. The second kappa shape index (κ2) is 4.74. The molecular formula is C9H13NO2. The van der Waals surface area contributed by atoms with E-state index < -0.39 is 0 Å². The SMILES string of the molecule is COC(N)COc1ccccc1. The molecule has 3 nitrogen and oxygen atoms in total. The minimum Gasteiger partial charge on any atom is -0.489 e. The van der Waals surface area contributed by atoms with Gasteiger partial charge in [0.15, 0.2) is 0 Å². The summed E-state index contributed by atoms with van der Waals surface area (Å²) in [6, 6.07) is 9.51. The van der Waals surface area contributed by atoms with Crippen molar-refractivity contribution in [3.05, 3.63) is 30.3 Å². The lowest BCUT2D eigenvalue weighted by molar-refractivity contribution is 0.0629. The minimum absolute atomic E-state index is 0.356. The summed E-state index contributed by atoms with van der Waals surface area (Å²) < 4.78 is 10.1. The second-order valence-electron chi connectivity index (χ2n) is 2.40. The van der Waals surface area contributed by atoms with Crippen LogP contribution in [0.2, 0.25) is 0 Å². The van der Waals surface area contributed by atoms with E-state index in [4.69, 9.17) is 15.2 Å². The van der Waals surface area contributed by atoms with Gasteiger partial charge < -0.3 is 15.2 Å². The normalized spacial score (nSPS) is 12.5. The van der Waals surface area contributed by atoms with Crippen LogP contribution >= 0.6 is 0 Å². The molecule has 0 amide bonds. The summed E-state index contributed by atoms with van der Waals surface area (Å²) in [5, 5.41) is 0. The zero-order valence-corrected chi connectivity index (χ0v) is 7.07. The lowest BCUT2D eigenvalue weighted by atomic mass is 10.3. The number of rotatable bonds is 4. The highest BCUT2D eigenvalue weighted by Crippen LogP contribution is 2.07. The molecule has 0 fully saturated rings. The van der Waals surface area contributed by atoms with E-state index in [1.54, 1.807) is 7.11 Å². The zero-order chi connectivity index (χ0) is 8.81. The lowest BCUT2D eigenvalue weighted by Crippen LogP contribution is -2.29. The molecule has 3 heteroatoms. The summed E-state index contributed by atoms with van der Waals surface area (Å²) in [6.07, 6.45) is -0.356. The highest BCUT2D eigenvalue weighted by Gasteiger charge is 1.99. The van der Waals surface area contributed by atoms with E-state index in [0.717, 1.165) is 5.75 Å². The minimum atomic E-state index is -0.356. The number of hydrogen-bond donors (Lipinski definition) is 1. The average Bonchev–Trinajstić information content (AvgIpc) is 2.16. The molecule has 0 heterocycles. The fourth-order valence-electron chi connectivity index (χ4n) is 0.763. The Morgan fingerprint density at radius 3 is 2.58 bits per heavy atom. The molecule has 0 spiro atoms. The van der Waals surface area contributed by atoms with E-state index >= 15 is 0 Å². The van der Waals surface area contributed by atoms with Crippen molar-refractivity contribution in [2.75, 3.05) is 13.7 Å². The molecule has 1 rings (SSSR count). The van der Waals surface area contributed by atoms with E-state index in [-0.39, 0.29) is 6.23 Å². The van der Waals surface area contributed by atoms with Gasteiger partial charge in [0.1, 0.15) is 18.6 Å². The largest absolute Gasteiger partial charge is 0.489 e. The van der Waals surface area contributed by atoms with Crippen molar-refractivity contribution in [2.45, 2.75) is 6.23 Å². The predicted octanol–water partition coefficient (Wildman–Crippen LogP) is 0.997. The van der Waals surface area contributed by atoms with Gasteiger partial charge in [-0.1, -0.05) is 18.2 Å². The van der Waals surface area contributed by atoms with Crippen LogP contribution in [-0.4, -0.2) is 19.9 Å². The fourth-order valence-corrected chi connectivity index (χ4v) is 0.763. The maximum atomic E-state index is 5.47. The Bertz CT molecular complexity index is 213. The monoisotopic (exact) mass is 167 g/mol. The topological polar surface area (TPSA) is 44.5 Å². The van der Waals surface area contributed by atoms with Crippen LogP contribution in [0.15, 0.2) is 30.3 Å². The molecule has 0 radical (unpaired) electrons. The number of ether oxygens (including phenoxy) is 2. The standard InChI is InChI=1S/C9H13NO2/c1-11-9(10)7-12-8-5-3-2-4-6-8/h2-6,9H,7,10H2,1H3. The van der Waals surface area contributed by atoms with Crippen LogP contribution in [0.25, 0.3) is 0 Å². The summed E-state index contributed by atoms with van der Waals surface area (Å²) in [6.45, 7) is 0.376. The van der Waals surface area contributed by atoms with Gasteiger partial charge in [-0.25, -0.2) is 0 Å². The van der Waals surface area contributed by atoms with Gasteiger partial charge >= 0.3 is 0 Å². The van der Waals surface area contributed by atoms with Crippen molar-refractivity contribution in [3.63, 3.8) is 0 Å². The van der Waals surface area contributed by atoms with Crippen LogP contribution in [0.4, 0.5) is 0 Å². The molecule has 0 aliphatic heterocycles. The van der Waals surface area contributed by atoms with Crippen LogP contribution in [-0.2, 0) is 4.74 Å². The maximum absolute atomic E-state index is 5.47. The summed E-state index contributed by atoms with van der Waals surface area (Å²) in [5.41, 5.74) is 5.47. The first kappa shape index (κ1) is 9.03. The molecule has 0 aliphatic rings. The van der Waals surface area contributed by atoms with Gasteiger partial charge in [-0.15, -0.1) is 0 Å². The number of nitrogens with two attached hydrogens (primary N) is 1. The fraction of sp³-hybridized carbons (Fsp3) is 0.333. The third-order valence-electron chi connectivity index (χ3n) is 1.46. The Morgan fingerprint density at radius 2 is 2.00 bits per heavy atom. The van der Waals surface area contributed by atoms with Gasteiger partial charge in [-0.2, -0.15) is 0 Å². The van der Waals surface area contributed by atoms with E-state index in [9.17, 15) is 0 Å². The van der Waals surface area contributed by atoms with Crippen LogP contribution in [0, 0.1) is 0 Å². The number of para-hydroxylation sites is 1. The van der Waals surface area contributed by atoms with E-state index in [1.165, 1.54) is 0 Å². The maximum Gasteiger partial charge on any atom is 0.139 e. The van der Waals surface area contributed by atoms with Crippen molar-refractivity contribution in [1.29, 1.82) is 0 Å². The predicted molar refractivity (Wildman–Crippen MR) is 46.9 cm³/mol. The Morgan fingerprint density at radius 1 is 1.33 bits per heavy atom. The molecule has 0 aliphatic carbocycles. The zero-order valence-electron chi connectivity index (χ0n) is 7.07. The molecule has 2 N–H and O–H groups in total. The van der Waals surface area contributed by atoms with Gasteiger partial charge in [-0.3, -0.25) is 0 Å². The molecular weight excluding hydrogens is 154 g/mol. The van der Waals surface area contributed by atoms with Gasteiger partial charge in [0.2, 0.25) is 0 Å². The smallest absolute Gasteiger partial charge is 0.139 e. The molecule has 0 saturated heterocycles. The number of benzene rings is 1. The first-order chi connectivity index (χ1) is 5.83. The molecule has 12 heavy (non-hydrogen) atoms. The number of hydrogen-bond acceptors (Lipinski definition) is 3. The van der Waals surface area contributed by atoms with Gasteiger partial charge in [-0.05, 0) is 12.1 Å².